The molecule has 0 N–H and O–H groups in total. The Morgan fingerprint density at radius 2 is 0.854 bits per heavy atom. The second-order valence-corrected chi connectivity index (χ2v) is 11.2. The maximum atomic E-state index is 14.9. The normalized spacial score (nSPS) is 11.4. The molecule has 0 heterocycles. The Hall–Kier alpha value is -4.60. The first kappa shape index (κ1) is 37.9. The van der Waals surface area contributed by atoms with Crippen LogP contribution in [0.1, 0.15) is 73.6 Å². The number of esters is 2. The average Bonchev–Trinajstić information content (AvgIpc) is 3.08. The van der Waals surface area contributed by atoms with E-state index in [0.717, 1.165) is 98.9 Å². The highest BCUT2D eigenvalue weighted by Gasteiger charge is 2.36. The number of ether oxygens (including phenoxy) is 4. The van der Waals surface area contributed by atoms with E-state index in [-0.39, 0.29) is 22.6 Å². The van der Waals surface area contributed by atoms with Crippen LogP contribution in [0.15, 0.2) is 98.1 Å². The molecule has 0 aromatic heterocycles. The van der Waals surface area contributed by atoms with E-state index in [0.29, 0.717) is 26.1 Å². The molecule has 3 aromatic rings. The van der Waals surface area contributed by atoms with Gasteiger partial charge >= 0.3 is 24.2 Å². The molecular formula is C38H42F4O6. The maximum absolute atomic E-state index is 14.9. The van der Waals surface area contributed by atoms with E-state index in [1.807, 2.05) is 0 Å². The Morgan fingerprint density at radius 1 is 0.521 bits per heavy atom. The predicted octanol–water partition coefficient (Wildman–Crippen LogP) is 9.61. The van der Waals surface area contributed by atoms with Crippen LogP contribution in [0.5, 0.6) is 11.5 Å². The van der Waals surface area contributed by atoms with E-state index in [1.165, 1.54) is 24.3 Å². The molecule has 3 rings (SSSR count). The summed E-state index contributed by atoms with van der Waals surface area (Å²) in [5.41, 5.74) is 1.14. The molecule has 0 bridgehead atoms. The van der Waals surface area contributed by atoms with Crippen molar-refractivity contribution in [1.82, 2.24) is 0 Å². The lowest BCUT2D eigenvalue weighted by molar-refractivity contribution is -0.188. The molecule has 0 aliphatic rings. The van der Waals surface area contributed by atoms with Gasteiger partial charge in [0.05, 0.1) is 24.3 Å². The molecule has 0 aliphatic heterocycles. The molecule has 48 heavy (non-hydrogen) atoms. The quantitative estimate of drug-likeness (QED) is 0.0459. The summed E-state index contributed by atoms with van der Waals surface area (Å²) >= 11 is 0. The summed E-state index contributed by atoms with van der Waals surface area (Å²) in [6, 6.07) is 16.3. The van der Waals surface area contributed by atoms with E-state index in [2.05, 4.69) is 13.2 Å². The average molecular weight is 671 g/mol. The predicted molar refractivity (Wildman–Crippen MR) is 175 cm³/mol. The lowest BCUT2D eigenvalue weighted by Gasteiger charge is -2.20. The van der Waals surface area contributed by atoms with Gasteiger partial charge in [0.15, 0.2) is 0 Å². The van der Waals surface area contributed by atoms with Crippen LogP contribution in [0.4, 0.5) is 17.6 Å². The highest BCUT2D eigenvalue weighted by Crippen LogP contribution is 2.35. The molecular weight excluding hydrogens is 628 g/mol. The minimum Gasteiger partial charge on any atom is -0.463 e. The van der Waals surface area contributed by atoms with Gasteiger partial charge in [-0.15, -0.1) is 0 Å². The third-order valence-corrected chi connectivity index (χ3v) is 7.44. The fraction of sp³-hybridized carbons (Fsp3) is 0.368. The fourth-order valence-corrected chi connectivity index (χ4v) is 4.75. The van der Waals surface area contributed by atoms with Gasteiger partial charge in [-0.25, -0.2) is 9.59 Å². The first-order chi connectivity index (χ1) is 23.0. The summed E-state index contributed by atoms with van der Waals surface area (Å²) in [4.78, 5) is 22.0. The van der Waals surface area contributed by atoms with Crippen LogP contribution in [-0.4, -0.2) is 25.2 Å². The van der Waals surface area contributed by atoms with E-state index in [9.17, 15) is 27.2 Å². The molecule has 10 heteroatoms. The Bertz CT molecular complexity index is 1330. The van der Waals surface area contributed by atoms with Crippen LogP contribution < -0.4 is 9.47 Å². The van der Waals surface area contributed by atoms with Gasteiger partial charge in [-0.2, -0.15) is 17.6 Å². The molecule has 6 nitrogen and oxygen atoms in total. The van der Waals surface area contributed by atoms with Gasteiger partial charge in [0.2, 0.25) is 0 Å². The number of carbonyl (C=O) groups is 2. The molecule has 0 fully saturated rings. The van der Waals surface area contributed by atoms with E-state index in [4.69, 9.17) is 18.9 Å². The van der Waals surface area contributed by atoms with Crippen molar-refractivity contribution in [3.05, 3.63) is 120 Å². The zero-order valence-corrected chi connectivity index (χ0v) is 26.9. The number of rotatable bonds is 22. The molecule has 0 saturated heterocycles. The highest BCUT2D eigenvalue weighted by molar-refractivity contribution is 5.81. The molecule has 0 atom stereocenters. The van der Waals surface area contributed by atoms with Crippen molar-refractivity contribution in [2.75, 3.05) is 13.2 Å². The van der Waals surface area contributed by atoms with Crippen LogP contribution in [0, 0.1) is 0 Å². The van der Waals surface area contributed by atoms with Crippen LogP contribution in [0.25, 0.3) is 0 Å². The van der Waals surface area contributed by atoms with Crippen molar-refractivity contribution in [2.24, 2.45) is 0 Å². The van der Waals surface area contributed by atoms with E-state index < -0.39 is 24.2 Å². The van der Waals surface area contributed by atoms with Gasteiger partial charge in [0.25, 0.3) is 0 Å². The summed E-state index contributed by atoms with van der Waals surface area (Å²) in [7, 11) is 0. The Balaban J connectivity index is 1.41. The summed E-state index contributed by atoms with van der Waals surface area (Å²) in [6.07, 6.45) is 3.18. The first-order valence-corrected chi connectivity index (χ1v) is 16.0. The maximum Gasteiger partial charge on any atom is 0.426 e. The lowest BCUT2D eigenvalue weighted by atomic mass is 10.0. The molecule has 0 saturated carbocycles. The second kappa shape index (κ2) is 19.3. The number of aryl methyl sites for hydroxylation is 2. The SMILES string of the molecule is C=CC(=O)OCCCCCCc1ccc(C(F)(F)Oc2ccc(OC(F)(F)c3ccc(CCCCCCOC(=O)C=C)cc3)cc2)cc1. The number of unbranched alkanes of at least 4 members (excludes halogenated alkanes) is 6. The molecule has 3 aromatic carbocycles. The molecule has 0 unspecified atom stereocenters. The van der Waals surface area contributed by atoms with Gasteiger partial charge in [-0.05, 0) is 98.2 Å². The smallest absolute Gasteiger partial charge is 0.426 e. The standard InChI is InChI=1S/C38H42F4O6/c1-3-35(43)45-27-11-7-5-9-13-29-15-19-31(20-16-29)37(39,40)47-33-23-25-34(26-24-33)48-38(41,42)32-21-17-30(18-22-32)14-10-6-8-12-28-46-36(44)4-2/h3-4,15-26H,1-2,5-14,27-28H2. The first-order valence-electron chi connectivity index (χ1n) is 16.0. The topological polar surface area (TPSA) is 71.1 Å². The van der Waals surface area contributed by atoms with Gasteiger partial charge < -0.3 is 18.9 Å². The fourth-order valence-electron chi connectivity index (χ4n) is 4.75. The number of hydrogen-bond acceptors (Lipinski definition) is 6. The number of halogens is 4. The second-order valence-electron chi connectivity index (χ2n) is 11.2. The molecule has 0 amide bonds. The lowest BCUT2D eigenvalue weighted by Crippen LogP contribution is -2.22. The van der Waals surface area contributed by atoms with Gasteiger partial charge in [0.1, 0.15) is 11.5 Å². The van der Waals surface area contributed by atoms with Gasteiger partial charge in [-0.3, -0.25) is 0 Å². The minimum atomic E-state index is -3.64. The number of benzene rings is 3. The van der Waals surface area contributed by atoms with Gasteiger partial charge in [-0.1, -0.05) is 63.1 Å². The number of alkyl halides is 4. The van der Waals surface area contributed by atoms with E-state index in [1.54, 1.807) is 24.3 Å². The molecule has 0 spiro atoms. The van der Waals surface area contributed by atoms with Crippen molar-refractivity contribution < 1.29 is 46.1 Å². The van der Waals surface area contributed by atoms with Crippen LogP contribution in [0.2, 0.25) is 0 Å². The number of hydrogen-bond donors (Lipinski definition) is 0. The Labute approximate surface area is 279 Å². The third-order valence-electron chi connectivity index (χ3n) is 7.44. The van der Waals surface area contributed by atoms with Crippen molar-refractivity contribution in [1.29, 1.82) is 0 Å². The minimum absolute atomic E-state index is 0.208. The summed E-state index contributed by atoms with van der Waals surface area (Å²) in [5, 5.41) is 0. The molecule has 0 aliphatic carbocycles. The van der Waals surface area contributed by atoms with Crippen molar-refractivity contribution in [2.45, 2.75) is 76.4 Å². The largest absolute Gasteiger partial charge is 0.463 e. The zero-order chi connectivity index (χ0) is 34.8. The summed E-state index contributed by atoms with van der Waals surface area (Å²) < 4.78 is 79.1. The Kier molecular flexibility index (Phi) is 15.2. The van der Waals surface area contributed by atoms with E-state index >= 15 is 0 Å². The summed E-state index contributed by atoms with van der Waals surface area (Å²) in [6.45, 7) is 7.36. The zero-order valence-electron chi connectivity index (χ0n) is 26.9. The number of carbonyl (C=O) groups excluding carboxylic acids is 2. The van der Waals surface area contributed by atoms with Crippen molar-refractivity contribution in [3.8, 4) is 11.5 Å². The van der Waals surface area contributed by atoms with Crippen LogP contribution in [0.3, 0.4) is 0 Å². The third kappa shape index (κ3) is 13.3. The van der Waals surface area contributed by atoms with Crippen LogP contribution >= 0.6 is 0 Å². The van der Waals surface area contributed by atoms with Gasteiger partial charge in [0, 0.05) is 12.2 Å². The molecule has 0 radical (unpaired) electrons. The Morgan fingerprint density at radius 3 is 1.19 bits per heavy atom. The summed E-state index contributed by atoms with van der Waals surface area (Å²) in [5.74, 6) is -1.30. The van der Waals surface area contributed by atoms with Crippen molar-refractivity contribution in [3.63, 3.8) is 0 Å². The van der Waals surface area contributed by atoms with Crippen LogP contribution in [-0.2, 0) is 44.1 Å². The highest BCUT2D eigenvalue weighted by atomic mass is 19.3. The van der Waals surface area contributed by atoms with Crippen molar-refractivity contribution >= 4 is 11.9 Å². The monoisotopic (exact) mass is 670 g/mol. The molecule has 258 valence electrons.